The fourth-order valence-corrected chi connectivity index (χ4v) is 6.14. The highest BCUT2D eigenvalue weighted by atomic mass is 35.5. The molecule has 1 unspecified atom stereocenters. The number of hydrogen-bond acceptors (Lipinski definition) is 5. The highest BCUT2D eigenvalue weighted by Crippen LogP contribution is 2.33. The molecular formula is C25H34Cl2N2O5S. The normalized spacial score (nSPS) is 13.2. The molecule has 0 saturated heterocycles. The van der Waals surface area contributed by atoms with Gasteiger partial charge < -0.3 is 15.5 Å². The Balaban J connectivity index is 1.93. The molecule has 0 aliphatic carbocycles. The van der Waals surface area contributed by atoms with Crippen LogP contribution in [0.15, 0.2) is 47.4 Å². The summed E-state index contributed by atoms with van der Waals surface area (Å²) in [5.74, 6) is -0.976. The minimum Gasteiger partial charge on any atom is -0.481 e. The zero-order valence-electron chi connectivity index (χ0n) is 20.3. The lowest BCUT2D eigenvalue weighted by Gasteiger charge is -2.29. The zero-order chi connectivity index (χ0) is 26.2. The predicted molar refractivity (Wildman–Crippen MR) is 140 cm³/mol. The van der Waals surface area contributed by atoms with Crippen LogP contribution in [0.3, 0.4) is 0 Å². The van der Waals surface area contributed by atoms with E-state index in [-0.39, 0.29) is 46.4 Å². The number of carboxylic acid groups (broad SMARTS) is 1. The van der Waals surface area contributed by atoms with E-state index >= 15 is 0 Å². The van der Waals surface area contributed by atoms with E-state index in [9.17, 15) is 18.3 Å². The molecule has 0 saturated carbocycles. The van der Waals surface area contributed by atoms with Crippen molar-refractivity contribution in [3.63, 3.8) is 0 Å². The van der Waals surface area contributed by atoms with E-state index in [1.807, 2.05) is 18.2 Å². The Labute approximate surface area is 218 Å². The number of nitrogens with one attached hydrogen (secondary N) is 1. The Morgan fingerprint density at radius 3 is 2.26 bits per heavy atom. The summed E-state index contributed by atoms with van der Waals surface area (Å²) < 4.78 is 27.2. The number of rotatable bonds is 14. The summed E-state index contributed by atoms with van der Waals surface area (Å²) in [5.41, 5.74) is 1.58. The molecule has 0 amide bonds. The molecule has 10 heteroatoms. The van der Waals surface area contributed by atoms with E-state index in [4.69, 9.17) is 28.3 Å². The summed E-state index contributed by atoms with van der Waals surface area (Å²) in [5, 5.41) is 22.5. The fourth-order valence-electron chi connectivity index (χ4n) is 3.73. The first-order chi connectivity index (χ1) is 16.3. The topological polar surface area (TPSA) is 107 Å². The average Bonchev–Trinajstić information content (AvgIpc) is 2.76. The minimum atomic E-state index is -4.08. The summed E-state index contributed by atoms with van der Waals surface area (Å²) in [7, 11) is -2.72. The first-order valence-corrected chi connectivity index (χ1v) is 13.6. The van der Waals surface area contributed by atoms with E-state index in [0.717, 1.165) is 23.6 Å². The molecule has 3 N–H and O–H groups in total. The van der Waals surface area contributed by atoms with Gasteiger partial charge >= 0.3 is 5.97 Å². The minimum absolute atomic E-state index is 0.0862. The van der Waals surface area contributed by atoms with Crippen molar-refractivity contribution in [2.24, 2.45) is 0 Å². The Hall–Kier alpha value is -1.68. The number of carbonyl (C=O) groups is 1. The number of aliphatic hydroxyl groups excluding tert-OH is 1. The molecule has 2 aromatic rings. The van der Waals surface area contributed by atoms with Gasteiger partial charge in [-0.2, -0.15) is 4.31 Å². The second-order valence-electron chi connectivity index (χ2n) is 9.33. The first kappa shape index (κ1) is 29.5. The third-order valence-electron chi connectivity index (χ3n) is 5.75. The molecule has 0 aliphatic rings. The van der Waals surface area contributed by atoms with Crippen molar-refractivity contribution >= 4 is 39.2 Å². The van der Waals surface area contributed by atoms with Crippen LogP contribution in [0, 0.1) is 0 Å². The van der Waals surface area contributed by atoms with Gasteiger partial charge in [0.25, 0.3) is 0 Å². The molecular weight excluding hydrogens is 511 g/mol. The second kappa shape index (κ2) is 13.0. The lowest BCUT2D eigenvalue weighted by atomic mass is 9.95. The molecule has 0 aromatic heterocycles. The van der Waals surface area contributed by atoms with Crippen LogP contribution in [-0.2, 0) is 27.7 Å². The number of aryl methyl sites for hydroxylation is 2. The van der Waals surface area contributed by atoms with Crippen LogP contribution in [0.5, 0.6) is 0 Å². The molecule has 0 bridgehead atoms. The first-order valence-electron chi connectivity index (χ1n) is 11.4. The van der Waals surface area contributed by atoms with Crippen LogP contribution in [0.25, 0.3) is 0 Å². The highest BCUT2D eigenvalue weighted by Gasteiger charge is 2.29. The highest BCUT2D eigenvalue weighted by molar-refractivity contribution is 7.89. The van der Waals surface area contributed by atoms with Crippen LogP contribution in [-0.4, -0.2) is 60.7 Å². The molecule has 2 rings (SSSR count). The number of aliphatic carboxylic acids is 1. The number of benzene rings is 2. The van der Waals surface area contributed by atoms with Crippen molar-refractivity contribution in [1.29, 1.82) is 0 Å². The number of carboxylic acids is 1. The molecule has 194 valence electrons. The van der Waals surface area contributed by atoms with Gasteiger partial charge in [0, 0.05) is 32.1 Å². The number of β-amino-alcohol motifs (C(OH)–C–C–N with tert-alkyl or cyclic N) is 1. The predicted octanol–water partition coefficient (Wildman–Crippen LogP) is 4.38. The smallest absolute Gasteiger partial charge is 0.303 e. The monoisotopic (exact) mass is 544 g/mol. The second-order valence-corrected chi connectivity index (χ2v) is 12.1. The van der Waals surface area contributed by atoms with Crippen LogP contribution in [0.4, 0.5) is 0 Å². The van der Waals surface area contributed by atoms with Gasteiger partial charge in [0.2, 0.25) is 10.0 Å². The van der Waals surface area contributed by atoms with Crippen LogP contribution in [0.1, 0.15) is 44.2 Å². The standard InChI is InChI=1S/C25H34Cl2N2O5S/c1-25(2,13-7-10-18-8-5-4-6-9-18)28-16-20(30)17-29(3)35(33,34)24-21(26)14-19(15-22(24)27)11-12-23(31)32/h4-6,8-9,14-15,20,28,30H,7,10-13,16-17H2,1-3H3,(H,31,32). The molecule has 2 aromatic carbocycles. The number of nitrogens with zero attached hydrogens (tertiary/aromatic N) is 1. The van der Waals surface area contributed by atoms with Gasteiger partial charge in [-0.1, -0.05) is 53.5 Å². The largest absolute Gasteiger partial charge is 0.481 e. The Morgan fingerprint density at radius 1 is 1.09 bits per heavy atom. The SMILES string of the molecule is CN(CC(O)CNC(C)(C)CCCc1ccccc1)S(=O)(=O)c1c(Cl)cc(CCC(=O)O)cc1Cl. The third-order valence-corrected chi connectivity index (χ3v) is 8.49. The molecule has 0 radical (unpaired) electrons. The summed E-state index contributed by atoms with van der Waals surface area (Å²) in [4.78, 5) is 10.5. The maximum atomic E-state index is 13.1. The fraction of sp³-hybridized carbons (Fsp3) is 0.480. The molecule has 1 atom stereocenters. The lowest BCUT2D eigenvalue weighted by molar-refractivity contribution is -0.136. The molecule has 0 aliphatic heterocycles. The molecule has 0 spiro atoms. The van der Waals surface area contributed by atoms with Crippen molar-refractivity contribution in [2.75, 3.05) is 20.1 Å². The maximum Gasteiger partial charge on any atom is 0.303 e. The van der Waals surface area contributed by atoms with Crippen molar-refractivity contribution in [2.45, 2.75) is 62.5 Å². The van der Waals surface area contributed by atoms with Crippen molar-refractivity contribution in [3.8, 4) is 0 Å². The number of likely N-dealkylation sites (N-methyl/N-ethyl adjacent to an activating group) is 1. The molecule has 0 fully saturated rings. The lowest BCUT2D eigenvalue weighted by Crippen LogP contribution is -2.46. The van der Waals surface area contributed by atoms with Crippen LogP contribution < -0.4 is 5.32 Å². The summed E-state index contributed by atoms with van der Waals surface area (Å²) in [6.07, 6.45) is 1.94. The van der Waals surface area contributed by atoms with Crippen molar-refractivity contribution in [3.05, 3.63) is 63.6 Å². The van der Waals surface area contributed by atoms with Gasteiger partial charge in [0.1, 0.15) is 4.90 Å². The number of hydrogen-bond donors (Lipinski definition) is 3. The van der Waals surface area contributed by atoms with Crippen LogP contribution >= 0.6 is 23.2 Å². The van der Waals surface area contributed by atoms with Gasteiger partial charge in [-0.3, -0.25) is 4.79 Å². The van der Waals surface area contributed by atoms with Gasteiger partial charge in [-0.25, -0.2) is 8.42 Å². The third kappa shape index (κ3) is 9.37. The molecule has 7 nitrogen and oxygen atoms in total. The Kier molecular flexibility index (Phi) is 11.0. The Bertz CT molecular complexity index is 1070. The van der Waals surface area contributed by atoms with E-state index in [2.05, 4.69) is 31.3 Å². The number of sulfonamides is 1. The summed E-state index contributed by atoms with van der Waals surface area (Å²) in [6.45, 7) is 4.17. The van der Waals surface area contributed by atoms with Gasteiger partial charge in [0.15, 0.2) is 0 Å². The van der Waals surface area contributed by atoms with E-state index < -0.39 is 22.1 Å². The van der Waals surface area contributed by atoms with E-state index in [1.54, 1.807) is 0 Å². The van der Waals surface area contributed by atoms with Gasteiger partial charge in [-0.05, 0) is 62.8 Å². The molecule has 35 heavy (non-hydrogen) atoms. The van der Waals surface area contributed by atoms with Crippen molar-refractivity contribution in [1.82, 2.24) is 9.62 Å². The van der Waals surface area contributed by atoms with Crippen molar-refractivity contribution < 1.29 is 23.4 Å². The van der Waals surface area contributed by atoms with E-state index in [0.29, 0.717) is 5.56 Å². The summed E-state index contributed by atoms with van der Waals surface area (Å²) in [6, 6.07) is 13.1. The quantitative estimate of drug-likeness (QED) is 0.325. The Morgan fingerprint density at radius 2 is 1.69 bits per heavy atom. The molecule has 0 heterocycles. The zero-order valence-corrected chi connectivity index (χ0v) is 22.6. The van der Waals surface area contributed by atoms with E-state index in [1.165, 1.54) is 24.7 Å². The number of halogens is 2. The van der Waals surface area contributed by atoms with Gasteiger partial charge in [0.05, 0.1) is 16.1 Å². The van der Waals surface area contributed by atoms with Crippen LogP contribution in [0.2, 0.25) is 10.0 Å². The van der Waals surface area contributed by atoms with Gasteiger partial charge in [-0.15, -0.1) is 0 Å². The number of aliphatic hydroxyl groups is 1. The maximum absolute atomic E-state index is 13.1. The summed E-state index contributed by atoms with van der Waals surface area (Å²) >= 11 is 12.4. The average molecular weight is 546 g/mol.